The van der Waals surface area contributed by atoms with Gasteiger partial charge in [-0.25, -0.2) is 9.59 Å². The van der Waals surface area contributed by atoms with Gasteiger partial charge >= 0.3 is 11.9 Å². The smallest absolute Gasteiger partial charge is 0.335 e. The topological polar surface area (TPSA) is 94.8 Å². The molecular weight excluding hydrogens is 284 g/mol. The van der Waals surface area contributed by atoms with Crippen molar-refractivity contribution in [3.8, 4) is 0 Å². The third-order valence-electron chi connectivity index (χ3n) is 3.71. The Labute approximate surface area is 130 Å². The third kappa shape index (κ3) is 5.85. The number of aryl methyl sites for hydroxylation is 1. The Morgan fingerprint density at radius 1 is 1.05 bits per heavy atom. The SMILES string of the molecule is CCCCC(O)CCCCc1cc(C(=O)O)ccc1C(=O)O. The summed E-state index contributed by atoms with van der Waals surface area (Å²) >= 11 is 0. The maximum absolute atomic E-state index is 11.2. The maximum Gasteiger partial charge on any atom is 0.335 e. The number of benzene rings is 1. The first-order valence-electron chi connectivity index (χ1n) is 7.73. The van der Waals surface area contributed by atoms with Crippen LogP contribution in [0.1, 0.15) is 71.7 Å². The monoisotopic (exact) mass is 308 g/mol. The molecule has 1 rings (SSSR count). The van der Waals surface area contributed by atoms with Crippen LogP contribution in [0.4, 0.5) is 0 Å². The Balaban J connectivity index is 2.58. The van der Waals surface area contributed by atoms with Crippen LogP contribution in [-0.2, 0) is 6.42 Å². The second-order valence-corrected chi connectivity index (χ2v) is 5.52. The van der Waals surface area contributed by atoms with E-state index in [4.69, 9.17) is 10.2 Å². The van der Waals surface area contributed by atoms with Crippen LogP contribution in [0.3, 0.4) is 0 Å². The molecular formula is C17H24O5. The number of aromatic carboxylic acids is 2. The van der Waals surface area contributed by atoms with Crippen LogP contribution in [0.2, 0.25) is 0 Å². The zero-order valence-electron chi connectivity index (χ0n) is 12.9. The summed E-state index contributed by atoms with van der Waals surface area (Å²) in [7, 11) is 0. The lowest BCUT2D eigenvalue weighted by atomic mass is 9.97. The largest absolute Gasteiger partial charge is 0.478 e. The van der Waals surface area contributed by atoms with Gasteiger partial charge in [-0.1, -0.05) is 26.2 Å². The molecule has 0 aliphatic rings. The summed E-state index contributed by atoms with van der Waals surface area (Å²) < 4.78 is 0. The van der Waals surface area contributed by atoms with Gasteiger partial charge in [-0.3, -0.25) is 0 Å². The number of carbonyl (C=O) groups is 2. The van der Waals surface area contributed by atoms with Crippen molar-refractivity contribution >= 4 is 11.9 Å². The minimum atomic E-state index is -1.06. The molecule has 22 heavy (non-hydrogen) atoms. The van der Waals surface area contributed by atoms with Gasteiger partial charge in [0.05, 0.1) is 17.2 Å². The number of aliphatic hydroxyl groups is 1. The summed E-state index contributed by atoms with van der Waals surface area (Å²) in [6.45, 7) is 2.08. The van der Waals surface area contributed by atoms with Gasteiger partial charge < -0.3 is 15.3 Å². The van der Waals surface area contributed by atoms with Crippen molar-refractivity contribution in [2.45, 2.75) is 58.0 Å². The van der Waals surface area contributed by atoms with E-state index < -0.39 is 11.9 Å². The maximum atomic E-state index is 11.2. The number of unbranched alkanes of at least 4 members (excludes halogenated alkanes) is 2. The zero-order valence-corrected chi connectivity index (χ0v) is 12.9. The van der Waals surface area contributed by atoms with Crippen LogP contribution in [0.5, 0.6) is 0 Å². The average Bonchev–Trinajstić information content (AvgIpc) is 2.49. The van der Waals surface area contributed by atoms with E-state index in [0.29, 0.717) is 18.4 Å². The molecule has 0 heterocycles. The van der Waals surface area contributed by atoms with Gasteiger partial charge in [-0.2, -0.15) is 0 Å². The first-order valence-corrected chi connectivity index (χ1v) is 7.73. The highest BCUT2D eigenvalue weighted by Crippen LogP contribution is 2.17. The van der Waals surface area contributed by atoms with Gasteiger partial charge in [-0.15, -0.1) is 0 Å². The molecule has 0 radical (unpaired) electrons. The lowest BCUT2D eigenvalue weighted by Gasteiger charge is -2.10. The molecule has 122 valence electrons. The average molecular weight is 308 g/mol. The summed E-state index contributed by atoms with van der Waals surface area (Å²) in [6.07, 6.45) is 5.28. The van der Waals surface area contributed by atoms with Crippen molar-refractivity contribution in [2.75, 3.05) is 0 Å². The highest BCUT2D eigenvalue weighted by molar-refractivity contribution is 5.93. The molecule has 0 saturated heterocycles. The predicted molar refractivity (Wildman–Crippen MR) is 83.4 cm³/mol. The third-order valence-corrected chi connectivity index (χ3v) is 3.71. The van der Waals surface area contributed by atoms with E-state index in [0.717, 1.165) is 32.1 Å². The van der Waals surface area contributed by atoms with Crippen molar-refractivity contribution in [1.82, 2.24) is 0 Å². The van der Waals surface area contributed by atoms with E-state index in [1.807, 2.05) is 0 Å². The second kappa shape index (κ2) is 9.20. The molecule has 3 N–H and O–H groups in total. The van der Waals surface area contributed by atoms with Crippen LogP contribution >= 0.6 is 0 Å². The lowest BCUT2D eigenvalue weighted by Crippen LogP contribution is -2.08. The Morgan fingerprint density at radius 2 is 1.73 bits per heavy atom. The van der Waals surface area contributed by atoms with Crippen molar-refractivity contribution < 1.29 is 24.9 Å². The first kappa shape index (κ1) is 18.2. The van der Waals surface area contributed by atoms with Gasteiger partial charge in [0, 0.05) is 0 Å². The Morgan fingerprint density at radius 3 is 2.32 bits per heavy atom. The summed E-state index contributed by atoms with van der Waals surface area (Å²) in [6, 6.07) is 4.08. The first-order chi connectivity index (χ1) is 10.5. The second-order valence-electron chi connectivity index (χ2n) is 5.52. The Kier molecular flexibility index (Phi) is 7.60. The number of aliphatic hydroxyl groups excluding tert-OH is 1. The predicted octanol–water partition coefficient (Wildman–Crippen LogP) is 3.35. The fourth-order valence-electron chi connectivity index (χ4n) is 2.42. The lowest BCUT2D eigenvalue weighted by molar-refractivity contribution is 0.0680. The van der Waals surface area contributed by atoms with Crippen LogP contribution in [0.25, 0.3) is 0 Å². The Hall–Kier alpha value is -1.88. The molecule has 0 aliphatic carbocycles. The van der Waals surface area contributed by atoms with Crippen molar-refractivity contribution in [2.24, 2.45) is 0 Å². The highest BCUT2D eigenvalue weighted by atomic mass is 16.4. The van der Waals surface area contributed by atoms with Crippen LogP contribution < -0.4 is 0 Å². The number of hydrogen-bond acceptors (Lipinski definition) is 3. The standard InChI is InChI=1S/C17H24O5/c1-2-3-7-14(18)8-5-4-6-12-11-13(16(19)20)9-10-15(12)17(21)22/h9-11,14,18H,2-8H2,1H3,(H,19,20)(H,21,22). The molecule has 1 unspecified atom stereocenters. The summed E-state index contributed by atoms with van der Waals surface area (Å²) in [5.74, 6) is -2.11. The van der Waals surface area contributed by atoms with Crippen LogP contribution in [0, 0.1) is 0 Å². The highest BCUT2D eigenvalue weighted by Gasteiger charge is 2.13. The van der Waals surface area contributed by atoms with Gasteiger partial charge in [-0.05, 0) is 49.4 Å². The minimum Gasteiger partial charge on any atom is -0.478 e. The van der Waals surface area contributed by atoms with Crippen molar-refractivity contribution in [3.05, 3.63) is 34.9 Å². The number of carboxylic acids is 2. The van der Waals surface area contributed by atoms with Crippen LogP contribution in [0.15, 0.2) is 18.2 Å². The van der Waals surface area contributed by atoms with Crippen molar-refractivity contribution in [3.63, 3.8) is 0 Å². The molecule has 5 nitrogen and oxygen atoms in total. The van der Waals surface area contributed by atoms with E-state index in [1.54, 1.807) is 0 Å². The van der Waals surface area contributed by atoms with E-state index in [-0.39, 0.29) is 17.2 Å². The molecule has 1 aromatic carbocycles. The molecule has 0 bridgehead atoms. The zero-order chi connectivity index (χ0) is 16.5. The van der Waals surface area contributed by atoms with Gasteiger partial charge in [0.25, 0.3) is 0 Å². The van der Waals surface area contributed by atoms with E-state index in [1.165, 1.54) is 18.2 Å². The molecule has 0 spiro atoms. The summed E-state index contributed by atoms with van der Waals surface area (Å²) in [4.78, 5) is 22.1. The van der Waals surface area contributed by atoms with E-state index in [2.05, 4.69) is 6.92 Å². The van der Waals surface area contributed by atoms with Gasteiger partial charge in [0.1, 0.15) is 0 Å². The number of hydrogen-bond donors (Lipinski definition) is 3. The molecule has 5 heteroatoms. The Bertz CT molecular complexity index is 510. The fourth-order valence-corrected chi connectivity index (χ4v) is 2.42. The molecule has 1 aromatic rings. The normalized spacial score (nSPS) is 12.1. The van der Waals surface area contributed by atoms with Gasteiger partial charge in [0.15, 0.2) is 0 Å². The molecule has 0 amide bonds. The fraction of sp³-hybridized carbons (Fsp3) is 0.529. The molecule has 1 atom stereocenters. The summed E-state index contributed by atoms with van der Waals surface area (Å²) in [5, 5.41) is 27.9. The van der Waals surface area contributed by atoms with E-state index >= 15 is 0 Å². The number of carboxylic acid groups (broad SMARTS) is 2. The molecule has 0 aromatic heterocycles. The minimum absolute atomic E-state index is 0.1000. The van der Waals surface area contributed by atoms with Crippen molar-refractivity contribution in [1.29, 1.82) is 0 Å². The van der Waals surface area contributed by atoms with Gasteiger partial charge in [0.2, 0.25) is 0 Å². The molecule has 0 fully saturated rings. The summed E-state index contributed by atoms with van der Waals surface area (Å²) in [5.41, 5.74) is 0.787. The number of rotatable bonds is 10. The molecule has 0 aliphatic heterocycles. The quantitative estimate of drug-likeness (QED) is 0.576. The van der Waals surface area contributed by atoms with E-state index in [9.17, 15) is 14.7 Å². The van der Waals surface area contributed by atoms with Crippen LogP contribution in [-0.4, -0.2) is 33.4 Å². The molecule has 0 saturated carbocycles.